The van der Waals surface area contributed by atoms with Gasteiger partial charge in [0.15, 0.2) is 0 Å². The van der Waals surface area contributed by atoms with Crippen LogP contribution < -0.4 is 0 Å². The van der Waals surface area contributed by atoms with E-state index < -0.39 is 0 Å². The maximum Gasteiger partial charge on any atom is 0.0114 e. The minimum atomic E-state index is 1.31. The van der Waals surface area contributed by atoms with Crippen LogP contribution in [0, 0.1) is 0 Å². The van der Waals surface area contributed by atoms with Crippen molar-refractivity contribution < 1.29 is 0 Å². The Morgan fingerprint density at radius 2 is 1.22 bits per heavy atom. The third-order valence-corrected chi connectivity index (χ3v) is 3.05. The zero-order valence-corrected chi connectivity index (χ0v) is 6.36. The van der Waals surface area contributed by atoms with Crippen molar-refractivity contribution in [2.45, 2.75) is 12.8 Å². The van der Waals surface area contributed by atoms with Gasteiger partial charge < -0.3 is 0 Å². The molecule has 9 heavy (non-hydrogen) atoms. The van der Waals surface area contributed by atoms with E-state index in [2.05, 4.69) is 8.61 Å². The zero-order chi connectivity index (χ0) is 6.10. The molecule has 0 bridgehead atoms. The molecule has 2 aliphatic heterocycles. The van der Waals surface area contributed by atoms with Crippen LogP contribution in [0.2, 0.25) is 0 Å². The quantitative estimate of drug-likeness (QED) is 0.533. The van der Waals surface area contributed by atoms with Crippen LogP contribution in [0.5, 0.6) is 0 Å². The Morgan fingerprint density at radius 3 is 1.44 bits per heavy atom. The van der Waals surface area contributed by atoms with Gasteiger partial charge in [-0.2, -0.15) is 0 Å². The molecule has 52 valence electrons. The number of hydrogen-bond donors (Lipinski definition) is 0. The highest BCUT2D eigenvalue weighted by atomic mass is 32.2. The predicted molar refractivity (Wildman–Crippen MR) is 40.0 cm³/mol. The first-order valence-electron chi connectivity index (χ1n) is 3.63. The second-order valence-corrected chi connectivity index (χ2v) is 3.84. The Balaban J connectivity index is 1.64. The molecule has 2 heterocycles. The minimum absolute atomic E-state index is 1.31. The lowest BCUT2D eigenvalue weighted by Gasteiger charge is -2.38. The second-order valence-electron chi connectivity index (χ2n) is 2.65. The van der Waals surface area contributed by atoms with Crippen LogP contribution >= 0.6 is 12.1 Å². The molecule has 0 aromatic heterocycles. The molecule has 0 atom stereocenters. The van der Waals surface area contributed by atoms with Crippen LogP contribution in [0.25, 0.3) is 0 Å². The molecule has 0 N–H and O–H groups in total. The standard InChI is InChI=1S/C6H12N2S/c1-3-7(4-1)9-8-5-2-6-8/h1-6H2. The van der Waals surface area contributed by atoms with E-state index >= 15 is 0 Å². The van der Waals surface area contributed by atoms with Gasteiger partial charge in [0.1, 0.15) is 0 Å². The monoisotopic (exact) mass is 144 g/mol. The Morgan fingerprint density at radius 1 is 0.778 bits per heavy atom. The topological polar surface area (TPSA) is 6.48 Å². The zero-order valence-electron chi connectivity index (χ0n) is 5.55. The molecule has 2 nitrogen and oxygen atoms in total. The van der Waals surface area contributed by atoms with E-state index in [9.17, 15) is 0 Å². The minimum Gasteiger partial charge on any atom is -0.237 e. The lowest BCUT2D eigenvalue weighted by molar-refractivity contribution is 0.288. The SMILES string of the molecule is C1CN(SN2CCC2)C1. The summed E-state index contributed by atoms with van der Waals surface area (Å²) in [5.74, 6) is 0. The average Bonchev–Trinajstić information content (AvgIpc) is 1.57. The summed E-state index contributed by atoms with van der Waals surface area (Å²) < 4.78 is 4.86. The van der Waals surface area contributed by atoms with Gasteiger partial charge in [-0.15, -0.1) is 0 Å². The van der Waals surface area contributed by atoms with E-state index in [-0.39, 0.29) is 0 Å². The van der Waals surface area contributed by atoms with Gasteiger partial charge in [-0.25, -0.2) is 8.61 Å². The Labute approximate surface area is 60.5 Å². The molecule has 0 radical (unpaired) electrons. The molecule has 2 rings (SSSR count). The van der Waals surface area contributed by atoms with Gasteiger partial charge in [0.2, 0.25) is 0 Å². The van der Waals surface area contributed by atoms with Gasteiger partial charge in [-0.05, 0) is 12.8 Å². The van der Waals surface area contributed by atoms with Gasteiger partial charge in [0, 0.05) is 38.3 Å². The van der Waals surface area contributed by atoms with Crippen LogP contribution in [0.4, 0.5) is 0 Å². The fraction of sp³-hybridized carbons (Fsp3) is 1.00. The van der Waals surface area contributed by atoms with Gasteiger partial charge in [0.05, 0.1) is 0 Å². The van der Waals surface area contributed by atoms with Crippen molar-refractivity contribution in [3.8, 4) is 0 Å². The van der Waals surface area contributed by atoms with E-state index in [0.29, 0.717) is 0 Å². The smallest absolute Gasteiger partial charge is 0.0114 e. The normalized spacial score (nSPS) is 29.3. The molecule has 0 aromatic carbocycles. The van der Waals surface area contributed by atoms with Crippen molar-refractivity contribution in [3.63, 3.8) is 0 Å². The summed E-state index contributed by atoms with van der Waals surface area (Å²) in [4.78, 5) is 0. The van der Waals surface area contributed by atoms with Crippen molar-refractivity contribution >= 4 is 12.1 Å². The molecule has 0 saturated carbocycles. The summed E-state index contributed by atoms with van der Waals surface area (Å²) in [6, 6.07) is 0. The lowest BCUT2D eigenvalue weighted by atomic mass is 10.3. The molecule has 2 saturated heterocycles. The maximum atomic E-state index is 2.43. The summed E-state index contributed by atoms with van der Waals surface area (Å²) >= 11 is 1.94. The number of nitrogens with zero attached hydrogens (tertiary/aromatic N) is 2. The molecule has 2 fully saturated rings. The molecule has 3 heteroatoms. The fourth-order valence-corrected chi connectivity index (χ4v) is 2.07. The molecule has 0 spiro atoms. The van der Waals surface area contributed by atoms with Crippen LogP contribution in [-0.4, -0.2) is 34.8 Å². The molecule has 0 amide bonds. The largest absolute Gasteiger partial charge is 0.237 e. The van der Waals surface area contributed by atoms with Gasteiger partial charge in [-0.1, -0.05) is 0 Å². The summed E-state index contributed by atoms with van der Waals surface area (Å²) in [5, 5.41) is 0. The molecule has 0 aliphatic carbocycles. The molecular weight excluding hydrogens is 132 g/mol. The first-order valence-corrected chi connectivity index (χ1v) is 4.36. The van der Waals surface area contributed by atoms with Crippen LogP contribution in [-0.2, 0) is 0 Å². The highest BCUT2D eigenvalue weighted by Gasteiger charge is 2.21. The van der Waals surface area contributed by atoms with E-state index in [1.165, 1.54) is 39.0 Å². The van der Waals surface area contributed by atoms with Crippen molar-refractivity contribution in [2.75, 3.05) is 26.2 Å². The molecule has 0 aromatic rings. The maximum absolute atomic E-state index is 2.43. The van der Waals surface area contributed by atoms with E-state index in [1.54, 1.807) is 0 Å². The second kappa shape index (κ2) is 2.48. The third kappa shape index (κ3) is 1.23. The Hall–Kier alpha value is 0.270. The van der Waals surface area contributed by atoms with Crippen molar-refractivity contribution in [1.29, 1.82) is 0 Å². The molecule has 0 unspecified atom stereocenters. The first kappa shape index (κ1) is 6.01. The molecule has 2 aliphatic rings. The van der Waals surface area contributed by atoms with Crippen molar-refractivity contribution in [2.24, 2.45) is 0 Å². The Kier molecular flexibility index (Phi) is 1.66. The van der Waals surface area contributed by atoms with E-state index in [4.69, 9.17) is 0 Å². The number of hydrogen-bond acceptors (Lipinski definition) is 3. The van der Waals surface area contributed by atoms with E-state index in [1.807, 2.05) is 12.1 Å². The van der Waals surface area contributed by atoms with Crippen LogP contribution in [0.1, 0.15) is 12.8 Å². The summed E-state index contributed by atoms with van der Waals surface area (Å²) in [6.45, 7) is 5.23. The highest BCUT2D eigenvalue weighted by Crippen LogP contribution is 2.26. The predicted octanol–water partition coefficient (Wildman–Crippen LogP) is 0.961. The summed E-state index contributed by atoms with van der Waals surface area (Å²) in [7, 11) is 0. The Bertz CT molecular complexity index is 87.2. The third-order valence-electron chi connectivity index (χ3n) is 1.86. The fourth-order valence-electron chi connectivity index (χ4n) is 0.901. The van der Waals surface area contributed by atoms with Crippen LogP contribution in [0.15, 0.2) is 0 Å². The van der Waals surface area contributed by atoms with Crippen LogP contribution in [0.3, 0.4) is 0 Å². The van der Waals surface area contributed by atoms with Gasteiger partial charge >= 0.3 is 0 Å². The number of rotatable bonds is 2. The average molecular weight is 144 g/mol. The highest BCUT2D eigenvalue weighted by molar-refractivity contribution is 7.94. The molecular formula is C6H12N2S. The van der Waals surface area contributed by atoms with Crippen molar-refractivity contribution in [1.82, 2.24) is 8.61 Å². The van der Waals surface area contributed by atoms with Crippen molar-refractivity contribution in [3.05, 3.63) is 0 Å². The first-order chi connectivity index (χ1) is 4.45. The van der Waals surface area contributed by atoms with E-state index in [0.717, 1.165) is 0 Å². The summed E-state index contributed by atoms with van der Waals surface area (Å²) in [5.41, 5.74) is 0. The van der Waals surface area contributed by atoms with Gasteiger partial charge in [-0.3, -0.25) is 0 Å². The van der Waals surface area contributed by atoms with Gasteiger partial charge in [0.25, 0.3) is 0 Å². The summed E-state index contributed by atoms with van der Waals surface area (Å²) in [6.07, 6.45) is 2.81. The lowest BCUT2D eigenvalue weighted by Crippen LogP contribution is -2.40.